The first-order valence-corrected chi connectivity index (χ1v) is 10.8. The third kappa shape index (κ3) is 3.57. The molecular weight excluding hydrogens is 416 g/mol. The van der Waals surface area contributed by atoms with Crippen LogP contribution in [0.15, 0.2) is 91.5 Å². The number of halogens is 1. The van der Waals surface area contributed by atoms with Crippen molar-refractivity contribution < 1.29 is 4.79 Å². The Kier molecular flexibility index (Phi) is 5.04. The highest BCUT2D eigenvalue weighted by molar-refractivity contribution is 6.30. The van der Waals surface area contributed by atoms with E-state index in [1.165, 1.54) is 5.56 Å². The Bertz CT molecular complexity index is 1250. The molecule has 0 amide bonds. The zero-order chi connectivity index (χ0) is 22.2. The molecule has 0 saturated heterocycles. The molecule has 4 aromatic carbocycles. The summed E-state index contributed by atoms with van der Waals surface area (Å²) in [7, 11) is 0. The van der Waals surface area contributed by atoms with Gasteiger partial charge in [-0.05, 0) is 66.6 Å². The SMILES string of the molecule is C=C1c2ccccc2C(=O)c2c(Nc3ccc(C)cc3)ccc(Nc3ccc(Cl)cc3)c21. The summed E-state index contributed by atoms with van der Waals surface area (Å²) in [5.41, 5.74) is 8.34. The maximum Gasteiger partial charge on any atom is 0.196 e. The largest absolute Gasteiger partial charge is 0.355 e. The molecule has 0 bridgehead atoms. The van der Waals surface area contributed by atoms with Crippen molar-refractivity contribution >= 4 is 45.7 Å². The van der Waals surface area contributed by atoms with Gasteiger partial charge in [0, 0.05) is 33.2 Å². The van der Waals surface area contributed by atoms with Gasteiger partial charge in [-0.15, -0.1) is 0 Å². The molecule has 0 heterocycles. The average Bonchev–Trinajstić information content (AvgIpc) is 2.81. The fourth-order valence-corrected chi connectivity index (χ4v) is 4.18. The van der Waals surface area contributed by atoms with Crippen LogP contribution in [0.2, 0.25) is 5.02 Å². The van der Waals surface area contributed by atoms with Gasteiger partial charge >= 0.3 is 0 Å². The molecule has 5 rings (SSSR count). The number of aryl methyl sites for hydroxylation is 1. The number of rotatable bonds is 4. The fraction of sp³-hybridized carbons (Fsp3) is 0.0357. The smallest absolute Gasteiger partial charge is 0.196 e. The lowest BCUT2D eigenvalue weighted by atomic mass is 9.80. The number of benzene rings is 4. The van der Waals surface area contributed by atoms with Crippen LogP contribution < -0.4 is 10.6 Å². The average molecular weight is 437 g/mol. The molecule has 0 unspecified atom stereocenters. The highest BCUT2D eigenvalue weighted by Gasteiger charge is 2.30. The predicted octanol–water partition coefficient (Wildman–Crippen LogP) is 7.74. The van der Waals surface area contributed by atoms with Gasteiger partial charge in [0.05, 0.1) is 11.3 Å². The lowest BCUT2D eigenvalue weighted by molar-refractivity contribution is 0.103. The van der Waals surface area contributed by atoms with Gasteiger partial charge in [0.1, 0.15) is 0 Å². The Hall–Kier alpha value is -3.82. The summed E-state index contributed by atoms with van der Waals surface area (Å²) in [6, 6.07) is 27.2. The van der Waals surface area contributed by atoms with Crippen molar-refractivity contribution in [1.82, 2.24) is 0 Å². The van der Waals surface area contributed by atoms with Gasteiger partial charge in [-0.3, -0.25) is 4.79 Å². The summed E-state index contributed by atoms with van der Waals surface area (Å²) >= 11 is 6.04. The Morgan fingerprint density at radius 1 is 0.688 bits per heavy atom. The molecule has 32 heavy (non-hydrogen) atoms. The van der Waals surface area contributed by atoms with Gasteiger partial charge in [-0.2, -0.15) is 0 Å². The number of hydrogen-bond acceptors (Lipinski definition) is 3. The summed E-state index contributed by atoms with van der Waals surface area (Å²) < 4.78 is 0. The predicted molar refractivity (Wildman–Crippen MR) is 134 cm³/mol. The van der Waals surface area contributed by atoms with Gasteiger partial charge < -0.3 is 10.6 Å². The van der Waals surface area contributed by atoms with Crippen molar-refractivity contribution in [2.45, 2.75) is 6.92 Å². The maximum absolute atomic E-state index is 13.6. The van der Waals surface area contributed by atoms with Crippen LogP contribution in [0, 0.1) is 6.92 Å². The minimum absolute atomic E-state index is 0.0163. The van der Waals surface area contributed by atoms with E-state index >= 15 is 0 Å². The number of ketones is 1. The van der Waals surface area contributed by atoms with Crippen LogP contribution in [0.1, 0.15) is 32.6 Å². The molecule has 0 fully saturated rings. The van der Waals surface area contributed by atoms with Crippen LogP contribution in [-0.4, -0.2) is 5.78 Å². The molecule has 3 nitrogen and oxygen atoms in total. The molecule has 0 aliphatic heterocycles. The number of carbonyl (C=O) groups excluding carboxylic acids is 1. The van der Waals surface area contributed by atoms with Crippen LogP contribution in [0.3, 0.4) is 0 Å². The molecule has 1 aliphatic carbocycles. The quantitative estimate of drug-likeness (QED) is 0.302. The zero-order valence-electron chi connectivity index (χ0n) is 17.6. The van der Waals surface area contributed by atoms with E-state index in [4.69, 9.17) is 11.6 Å². The van der Waals surface area contributed by atoms with E-state index < -0.39 is 0 Å². The highest BCUT2D eigenvalue weighted by Crippen LogP contribution is 2.43. The second-order valence-corrected chi connectivity index (χ2v) is 8.32. The molecule has 156 valence electrons. The molecule has 0 spiro atoms. The van der Waals surface area contributed by atoms with Crippen molar-refractivity contribution in [3.63, 3.8) is 0 Å². The van der Waals surface area contributed by atoms with E-state index in [0.717, 1.165) is 39.4 Å². The third-order valence-corrected chi connectivity index (χ3v) is 5.94. The van der Waals surface area contributed by atoms with E-state index in [1.807, 2.05) is 91.9 Å². The first-order valence-electron chi connectivity index (χ1n) is 10.4. The molecule has 4 aromatic rings. The number of anilines is 4. The van der Waals surface area contributed by atoms with Gasteiger partial charge in [-0.25, -0.2) is 0 Å². The van der Waals surface area contributed by atoms with E-state index in [-0.39, 0.29) is 5.78 Å². The number of nitrogens with one attached hydrogen (secondary N) is 2. The molecule has 0 saturated carbocycles. The molecule has 0 radical (unpaired) electrons. The van der Waals surface area contributed by atoms with Crippen LogP contribution in [0.25, 0.3) is 5.57 Å². The van der Waals surface area contributed by atoms with Crippen LogP contribution in [-0.2, 0) is 0 Å². The Balaban J connectivity index is 1.65. The Morgan fingerprint density at radius 3 is 1.84 bits per heavy atom. The molecular formula is C28H21ClN2O. The maximum atomic E-state index is 13.6. The minimum Gasteiger partial charge on any atom is -0.355 e. The van der Waals surface area contributed by atoms with Crippen molar-refractivity contribution in [3.8, 4) is 0 Å². The van der Waals surface area contributed by atoms with Crippen molar-refractivity contribution in [1.29, 1.82) is 0 Å². The number of carbonyl (C=O) groups is 1. The summed E-state index contributed by atoms with van der Waals surface area (Å²) in [4.78, 5) is 13.6. The lowest BCUT2D eigenvalue weighted by Crippen LogP contribution is -2.17. The van der Waals surface area contributed by atoms with Gasteiger partial charge in [0.2, 0.25) is 0 Å². The first kappa shape index (κ1) is 20.1. The van der Waals surface area contributed by atoms with E-state index in [0.29, 0.717) is 16.1 Å². The summed E-state index contributed by atoms with van der Waals surface area (Å²) in [5.74, 6) is -0.0163. The lowest BCUT2D eigenvalue weighted by Gasteiger charge is -2.26. The molecule has 0 aromatic heterocycles. The number of hydrogen-bond donors (Lipinski definition) is 2. The fourth-order valence-electron chi connectivity index (χ4n) is 4.06. The third-order valence-electron chi connectivity index (χ3n) is 5.68. The summed E-state index contributed by atoms with van der Waals surface area (Å²) in [5, 5.41) is 7.54. The molecule has 1 aliphatic rings. The van der Waals surface area contributed by atoms with E-state index in [9.17, 15) is 4.79 Å². The summed E-state index contributed by atoms with van der Waals surface area (Å²) in [6.45, 7) is 6.42. The van der Waals surface area contributed by atoms with Crippen molar-refractivity contribution in [2.75, 3.05) is 10.6 Å². The standard InChI is InChI=1S/C28H21ClN2O/c1-17-7-11-20(12-8-17)31-25-16-15-24(30-21-13-9-19(29)10-14-21)26-18(2)22-5-3-4-6-23(22)28(32)27(25)26/h3-16,30-31H,2H2,1H3. The van der Waals surface area contributed by atoms with Gasteiger partial charge in [0.25, 0.3) is 0 Å². The zero-order valence-corrected chi connectivity index (χ0v) is 18.3. The monoisotopic (exact) mass is 436 g/mol. The van der Waals surface area contributed by atoms with Crippen LogP contribution in [0.5, 0.6) is 0 Å². The molecule has 4 heteroatoms. The second-order valence-electron chi connectivity index (χ2n) is 7.89. The second kappa shape index (κ2) is 8.03. The van der Waals surface area contributed by atoms with Crippen molar-refractivity contribution in [2.24, 2.45) is 0 Å². The molecule has 2 N–H and O–H groups in total. The topological polar surface area (TPSA) is 41.1 Å². The van der Waals surface area contributed by atoms with Gasteiger partial charge in [0.15, 0.2) is 5.78 Å². The van der Waals surface area contributed by atoms with Crippen LogP contribution >= 0.6 is 11.6 Å². The van der Waals surface area contributed by atoms with E-state index in [2.05, 4.69) is 17.2 Å². The van der Waals surface area contributed by atoms with Crippen LogP contribution in [0.4, 0.5) is 22.7 Å². The van der Waals surface area contributed by atoms with E-state index in [1.54, 1.807) is 0 Å². The number of fused-ring (bicyclic) bond motifs is 2. The summed E-state index contributed by atoms with van der Waals surface area (Å²) in [6.07, 6.45) is 0. The first-order chi connectivity index (χ1) is 15.5. The van der Waals surface area contributed by atoms with Crippen molar-refractivity contribution in [3.05, 3.63) is 124 Å². The normalized spacial score (nSPS) is 12.2. The Labute approximate surface area is 192 Å². The van der Waals surface area contributed by atoms with Gasteiger partial charge in [-0.1, -0.05) is 60.1 Å². The Morgan fingerprint density at radius 2 is 1.22 bits per heavy atom. The molecule has 0 atom stereocenters. The minimum atomic E-state index is -0.0163. The highest BCUT2D eigenvalue weighted by atomic mass is 35.5.